The summed E-state index contributed by atoms with van der Waals surface area (Å²) in [5, 5.41) is 0. The van der Waals surface area contributed by atoms with Crippen molar-refractivity contribution < 1.29 is 19.0 Å². The number of rotatable bonds is 9. The molecule has 0 radical (unpaired) electrons. The minimum Gasteiger partial charge on any atom is -0.482 e. The molecule has 0 aliphatic carbocycles. The Balaban J connectivity index is 2.08. The molecular formula is C14H21NO4. The fourth-order valence-electron chi connectivity index (χ4n) is 1.35. The zero-order valence-electron chi connectivity index (χ0n) is 11.3. The van der Waals surface area contributed by atoms with E-state index in [9.17, 15) is 4.79 Å². The van der Waals surface area contributed by atoms with Crippen LogP contribution in [0.5, 0.6) is 5.75 Å². The van der Waals surface area contributed by atoms with Gasteiger partial charge in [0.2, 0.25) is 0 Å². The molecule has 1 aromatic rings. The molecule has 1 aromatic carbocycles. The highest BCUT2D eigenvalue weighted by molar-refractivity contribution is 5.71. The Labute approximate surface area is 113 Å². The first-order valence-electron chi connectivity index (χ1n) is 6.44. The van der Waals surface area contributed by atoms with Crippen LogP contribution < -0.4 is 10.5 Å². The summed E-state index contributed by atoms with van der Waals surface area (Å²) in [6, 6.07) is 6.90. The lowest BCUT2D eigenvalue weighted by Gasteiger charge is -2.07. The van der Waals surface area contributed by atoms with Gasteiger partial charge in [-0.1, -0.05) is 19.4 Å². The van der Waals surface area contributed by atoms with Gasteiger partial charge in [0.05, 0.1) is 6.61 Å². The molecule has 0 atom stereocenters. The molecule has 0 unspecified atom stereocenters. The molecule has 0 aromatic heterocycles. The zero-order valence-corrected chi connectivity index (χ0v) is 11.3. The molecule has 106 valence electrons. The molecule has 5 nitrogen and oxygen atoms in total. The lowest BCUT2D eigenvalue weighted by molar-refractivity contribution is -0.147. The zero-order chi connectivity index (χ0) is 13.9. The molecule has 0 aliphatic heterocycles. The summed E-state index contributed by atoms with van der Waals surface area (Å²) >= 11 is 0. The third-order valence-corrected chi connectivity index (χ3v) is 2.35. The predicted octanol–water partition coefficient (Wildman–Crippen LogP) is 2.01. The lowest BCUT2D eigenvalue weighted by atomic mass is 10.3. The van der Waals surface area contributed by atoms with Crippen LogP contribution >= 0.6 is 0 Å². The number of anilines is 1. The average Bonchev–Trinajstić information content (AvgIpc) is 2.40. The van der Waals surface area contributed by atoms with Crippen molar-refractivity contribution in [3.05, 3.63) is 24.3 Å². The number of benzene rings is 1. The molecule has 2 N–H and O–H groups in total. The summed E-state index contributed by atoms with van der Waals surface area (Å²) in [4.78, 5) is 11.4. The third kappa shape index (κ3) is 7.31. The second kappa shape index (κ2) is 9.22. The Morgan fingerprint density at radius 2 is 2.11 bits per heavy atom. The van der Waals surface area contributed by atoms with Gasteiger partial charge in [0.1, 0.15) is 12.4 Å². The first-order chi connectivity index (χ1) is 9.22. The van der Waals surface area contributed by atoms with Crippen LogP contribution in [-0.2, 0) is 14.3 Å². The van der Waals surface area contributed by atoms with E-state index in [1.165, 1.54) is 0 Å². The standard InChI is InChI=1S/C14H21NO4/c1-2-3-7-17-8-9-18-14(16)11-19-13-6-4-5-12(15)10-13/h4-6,10H,2-3,7-9,11,15H2,1H3. The highest BCUT2D eigenvalue weighted by Gasteiger charge is 2.04. The third-order valence-electron chi connectivity index (χ3n) is 2.35. The van der Waals surface area contributed by atoms with Crippen LogP contribution in [0.25, 0.3) is 0 Å². The monoisotopic (exact) mass is 267 g/mol. The molecule has 0 saturated carbocycles. The number of esters is 1. The number of hydrogen-bond acceptors (Lipinski definition) is 5. The van der Waals surface area contributed by atoms with Gasteiger partial charge in [0, 0.05) is 18.4 Å². The number of carbonyl (C=O) groups excluding carboxylic acids is 1. The van der Waals surface area contributed by atoms with E-state index in [4.69, 9.17) is 19.9 Å². The van der Waals surface area contributed by atoms with Crippen molar-refractivity contribution in [1.29, 1.82) is 0 Å². The molecule has 1 rings (SSSR count). The molecule has 0 bridgehead atoms. The molecule has 19 heavy (non-hydrogen) atoms. The van der Waals surface area contributed by atoms with Crippen LogP contribution in [0.4, 0.5) is 5.69 Å². The number of nitrogen functional groups attached to an aromatic ring is 1. The Kier molecular flexibility index (Phi) is 7.43. The van der Waals surface area contributed by atoms with E-state index in [0.717, 1.165) is 12.8 Å². The van der Waals surface area contributed by atoms with Crippen LogP contribution in [0, 0.1) is 0 Å². The fourth-order valence-corrected chi connectivity index (χ4v) is 1.35. The van der Waals surface area contributed by atoms with E-state index >= 15 is 0 Å². The fraction of sp³-hybridized carbons (Fsp3) is 0.500. The second-order valence-corrected chi connectivity index (χ2v) is 4.05. The maximum absolute atomic E-state index is 11.4. The van der Waals surface area contributed by atoms with E-state index in [2.05, 4.69) is 6.92 Å². The Morgan fingerprint density at radius 3 is 2.84 bits per heavy atom. The highest BCUT2D eigenvalue weighted by atomic mass is 16.6. The van der Waals surface area contributed by atoms with E-state index in [1.54, 1.807) is 24.3 Å². The van der Waals surface area contributed by atoms with Gasteiger partial charge in [-0.05, 0) is 18.6 Å². The number of carbonyl (C=O) groups is 1. The van der Waals surface area contributed by atoms with E-state index in [0.29, 0.717) is 24.7 Å². The van der Waals surface area contributed by atoms with Gasteiger partial charge in [-0.25, -0.2) is 4.79 Å². The van der Waals surface area contributed by atoms with Gasteiger partial charge in [-0.15, -0.1) is 0 Å². The summed E-state index contributed by atoms with van der Waals surface area (Å²) in [6.07, 6.45) is 2.11. The van der Waals surface area contributed by atoms with Crippen molar-refractivity contribution in [2.45, 2.75) is 19.8 Å². The molecule has 0 fully saturated rings. The number of hydrogen-bond donors (Lipinski definition) is 1. The topological polar surface area (TPSA) is 70.8 Å². The summed E-state index contributed by atoms with van der Waals surface area (Å²) < 4.78 is 15.5. The average molecular weight is 267 g/mol. The molecule has 0 spiro atoms. The quantitative estimate of drug-likeness (QED) is 0.421. The van der Waals surface area contributed by atoms with Crippen LogP contribution in [0.1, 0.15) is 19.8 Å². The summed E-state index contributed by atoms with van der Waals surface area (Å²) in [7, 11) is 0. The highest BCUT2D eigenvalue weighted by Crippen LogP contribution is 2.14. The van der Waals surface area contributed by atoms with Crippen molar-refractivity contribution in [1.82, 2.24) is 0 Å². The predicted molar refractivity (Wildman–Crippen MR) is 73.0 cm³/mol. The smallest absolute Gasteiger partial charge is 0.344 e. The molecule has 0 saturated heterocycles. The first-order valence-corrected chi connectivity index (χ1v) is 6.44. The molecule has 0 heterocycles. The molecular weight excluding hydrogens is 246 g/mol. The van der Waals surface area contributed by atoms with Crippen molar-refractivity contribution in [3.63, 3.8) is 0 Å². The summed E-state index contributed by atoms with van der Waals surface area (Å²) in [5.74, 6) is 0.137. The van der Waals surface area contributed by atoms with Crippen molar-refractivity contribution in [3.8, 4) is 5.75 Å². The van der Waals surface area contributed by atoms with Crippen molar-refractivity contribution >= 4 is 11.7 Å². The first kappa shape index (κ1) is 15.3. The summed E-state index contributed by atoms with van der Waals surface area (Å²) in [6.45, 7) is 3.34. The minimum atomic E-state index is -0.415. The van der Waals surface area contributed by atoms with Gasteiger partial charge >= 0.3 is 5.97 Å². The van der Waals surface area contributed by atoms with Gasteiger partial charge in [0.15, 0.2) is 6.61 Å². The van der Waals surface area contributed by atoms with Gasteiger partial charge in [0.25, 0.3) is 0 Å². The van der Waals surface area contributed by atoms with Gasteiger partial charge < -0.3 is 19.9 Å². The van der Waals surface area contributed by atoms with Crippen molar-refractivity contribution in [2.75, 3.05) is 32.2 Å². The number of nitrogens with two attached hydrogens (primary N) is 1. The normalized spacial score (nSPS) is 10.2. The number of unbranched alkanes of at least 4 members (excludes halogenated alkanes) is 1. The SMILES string of the molecule is CCCCOCCOC(=O)COc1cccc(N)c1. The summed E-state index contributed by atoms with van der Waals surface area (Å²) in [5.41, 5.74) is 6.18. The van der Waals surface area contributed by atoms with Crippen molar-refractivity contribution in [2.24, 2.45) is 0 Å². The largest absolute Gasteiger partial charge is 0.482 e. The van der Waals surface area contributed by atoms with E-state index in [1.807, 2.05) is 0 Å². The van der Waals surface area contributed by atoms with Crippen LogP contribution in [0.3, 0.4) is 0 Å². The minimum absolute atomic E-state index is 0.127. The molecule has 0 amide bonds. The molecule has 0 aliphatic rings. The maximum Gasteiger partial charge on any atom is 0.344 e. The second-order valence-electron chi connectivity index (χ2n) is 4.05. The van der Waals surface area contributed by atoms with Crippen LogP contribution in [-0.4, -0.2) is 32.4 Å². The van der Waals surface area contributed by atoms with Gasteiger partial charge in [-0.2, -0.15) is 0 Å². The lowest BCUT2D eigenvalue weighted by Crippen LogP contribution is -2.17. The maximum atomic E-state index is 11.4. The van der Waals surface area contributed by atoms with E-state index in [-0.39, 0.29) is 13.2 Å². The number of ether oxygens (including phenoxy) is 3. The Hall–Kier alpha value is -1.75. The van der Waals surface area contributed by atoms with E-state index < -0.39 is 5.97 Å². The van der Waals surface area contributed by atoms with Crippen LogP contribution in [0.15, 0.2) is 24.3 Å². The Bertz CT molecular complexity index is 381. The Morgan fingerprint density at radius 1 is 1.26 bits per heavy atom. The van der Waals surface area contributed by atoms with Gasteiger partial charge in [-0.3, -0.25) is 0 Å². The van der Waals surface area contributed by atoms with Crippen LogP contribution in [0.2, 0.25) is 0 Å². The molecule has 5 heteroatoms.